The van der Waals surface area contributed by atoms with Crippen LogP contribution in [0.2, 0.25) is 0 Å². The number of benzene rings is 3. The van der Waals surface area contributed by atoms with E-state index in [4.69, 9.17) is 0 Å². The molecule has 0 radical (unpaired) electrons. The minimum atomic E-state index is 0.166. The highest BCUT2D eigenvalue weighted by Crippen LogP contribution is 2.31. The number of hydrogen-bond acceptors (Lipinski definition) is 1. The van der Waals surface area contributed by atoms with Crippen molar-refractivity contribution >= 4 is 21.5 Å². The van der Waals surface area contributed by atoms with E-state index in [0.29, 0.717) is 0 Å². The van der Waals surface area contributed by atoms with E-state index in [1.807, 2.05) is 0 Å². The first-order valence-electron chi connectivity index (χ1n) is 6.32. The molecule has 90 valence electrons. The summed E-state index contributed by atoms with van der Waals surface area (Å²) >= 11 is 0. The Morgan fingerprint density at radius 2 is 1.61 bits per heavy atom. The summed E-state index contributed by atoms with van der Waals surface area (Å²) in [5.74, 6) is 0.166. The first-order valence-corrected chi connectivity index (χ1v) is 6.32. The molecule has 3 aromatic carbocycles. The topological polar surface area (TPSA) is 20.2 Å². The summed E-state index contributed by atoms with van der Waals surface area (Å²) in [7, 11) is 0. The monoisotopic (exact) mass is 236 g/mol. The van der Waals surface area contributed by atoms with Crippen LogP contribution < -0.4 is 0 Å². The lowest BCUT2D eigenvalue weighted by Crippen LogP contribution is -1.99. The van der Waals surface area contributed by atoms with Gasteiger partial charge in [-0.05, 0) is 27.1 Å². The van der Waals surface area contributed by atoms with Crippen molar-refractivity contribution in [3.05, 3.63) is 60.2 Å². The van der Waals surface area contributed by atoms with Crippen molar-refractivity contribution in [2.24, 2.45) is 0 Å². The smallest absolute Gasteiger partial charge is 0.0497 e. The average Bonchev–Trinajstić information content (AvgIpc) is 2.45. The van der Waals surface area contributed by atoms with Crippen molar-refractivity contribution in [2.45, 2.75) is 12.8 Å². The van der Waals surface area contributed by atoms with Crippen LogP contribution in [0.4, 0.5) is 0 Å². The van der Waals surface area contributed by atoms with Crippen molar-refractivity contribution in [2.75, 3.05) is 6.61 Å². The molecule has 0 aliphatic heterocycles. The summed E-state index contributed by atoms with van der Waals surface area (Å²) in [6.07, 6.45) is 0. The molecule has 0 aliphatic rings. The van der Waals surface area contributed by atoms with Gasteiger partial charge in [-0.1, -0.05) is 61.5 Å². The lowest BCUT2D eigenvalue weighted by molar-refractivity contribution is 0.273. The molecule has 1 nitrogen and oxygen atoms in total. The van der Waals surface area contributed by atoms with E-state index in [9.17, 15) is 5.11 Å². The minimum Gasteiger partial charge on any atom is -0.396 e. The van der Waals surface area contributed by atoms with Gasteiger partial charge in [0, 0.05) is 12.5 Å². The van der Waals surface area contributed by atoms with E-state index in [1.54, 1.807) is 0 Å². The van der Waals surface area contributed by atoms with E-state index >= 15 is 0 Å². The van der Waals surface area contributed by atoms with E-state index in [1.165, 1.54) is 27.1 Å². The van der Waals surface area contributed by atoms with E-state index in [0.717, 1.165) is 0 Å². The fourth-order valence-corrected chi connectivity index (χ4v) is 2.60. The van der Waals surface area contributed by atoms with Crippen LogP contribution in [-0.4, -0.2) is 11.7 Å². The molecular formula is C17H16O. The molecular weight excluding hydrogens is 220 g/mol. The molecule has 1 heteroatoms. The standard InChI is InChI=1S/C17H16O/c1-12(11-18)15-8-4-6-14-10-9-13-5-2-3-7-16(13)17(14)15/h2-10,12,18H,11H2,1H3. The van der Waals surface area contributed by atoms with E-state index in [-0.39, 0.29) is 12.5 Å². The van der Waals surface area contributed by atoms with Gasteiger partial charge < -0.3 is 5.11 Å². The Hall–Kier alpha value is -1.86. The Bertz CT molecular complexity index is 700. The second kappa shape index (κ2) is 4.43. The summed E-state index contributed by atoms with van der Waals surface area (Å²) < 4.78 is 0. The summed E-state index contributed by atoms with van der Waals surface area (Å²) in [4.78, 5) is 0. The van der Waals surface area contributed by atoms with Crippen molar-refractivity contribution in [3.63, 3.8) is 0 Å². The molecule has 0 saturated carbocycles. The number of aliphatic hydroxyl groups is 1. The summed E-state index contributed by atoms with van der Waals surface area (Å²) in [5, 5.41) is 14.5. The van der Waals surface area contributed by atoms with Crippen LogP contribution in [0.5, 0.6) is 0 Å². The normalized spacial score (nSPS) is 13.0. The number of aliphatic hydroxyl groups excluding tert-OH is 1. The first kappa shape index (κ1) is 11.2. The van der Waals surface area contributed by atoms with Crippen molar-refractivity contribution in [1.29, 1.82) is 0 Å². The van der Waals surface area contributed by atoms with Gasteiger partial charge in [0.1, 0.15) is 0 Å². The lowest BCUT2D eigenvalue weighted by Gasteiger charge is -2.14. The molecule has 3 rings (SSSR count). The Morgan fingerprint density at radius 1 is 0.889 bits per heavy atom. The molecule has 0 amide bonds. The highest BCUT2D eigenvalue weighted by atomic mass is 16.3. The second-order valence-corrected chi connectivity index (χ2v) is 4.82. The number of fused-ring (bicyclic) bond motifs is 3. The Balaban J connectivity index is 2.46. The van der Waals surface area contributed by atoms with Gasteiger partial charge in [-0.15, -0.1) is 0 Å². The van der Waals surface area contributed by atoms with Crippen LogP contribution in [-0.2, 0) is 0 Å². The van der Waals surface area contributed by atoms with Crippen molar-refractivity contribution in [3.8, 4) is 0 Å². The summed E-state index contributed by atoms with van der Waals surface area (Å²) in [6, 6.07) is 19.1. The third-order valence-corrected chi connectivity index (χ3v) is 3.61. The Labute approximate surface area is 107 Å². The SMILES string of the molecule is CC(CO)c1cccc2ccc3ccccc3c12. The van der Waals surface area contributed by atoms with Gasteiger partial charge in [0.25, 0.3) is 0 Å². The van der Waals surface area contributed by atoms with Gasteiger partial charge in [0.15, 0.2) is 0 Å². The largest absolute Gasteiger partial charge is 0.396 e. The van der Waals surface area contributed by atoms with Crippen LogP contribution in [0.25, 0.3) is 21.5 Å². The molecule has 18 heavy (non-hydrogen) atoms. The van der Waals surface area contributed by atoms with Gasteiger partial charge in [0.05, 0.1) is 0 Å². The minimum absolute atomic E-state index is 0.166. The zero-order chi connectivity index (χ0) is 12.5. The molecule has 1 atom stereocenters. The quantitative estimate of drug-likeness (QED) is 0.664. The highest BCUT2D eigenvalue weighted by Gasteiger charge is 2.10. The maximum Gasteiger partial charge on any atom is 0.0497 e. The number of hydrogen-bond donors (Lipinski definition) is 1. The van der Waals surface area contributed by atoms with Gasteiger partial charge >= 0.3 is 0 Å². The summed E-state index contributed by atoms with van der Waals surface area (Å²) in [6.45, 7) is 2.25. The molecule has 1 N–H and O–H groups in total. The molecule has 0 aliphatic carbocycles. The average molecular weight is 236 g/mol. The molecule has 0 spiro atoms. The van der Waals surface area contributed by atoms with Crippen LogP contribution >= 0.6 is 0 Å². The van der Waals surface area contributed by atoms with Gasteiger partial charge in [0.2, 0.25) is 0 Å². The van der Waals surface area contributed by atoms with Gasteiger partial charge in [-0.25, -0.2) is 0 Å². The summed E-state index contributed by atoms with van der Waals surface area (Å²) in [5.41, 5.74) is 1.23. The Morgan fingerprint density at radius 3 is 2.44 bits per heavy atom. The second-order valence-electron chi connectivity index (χ2n) is 4.82. The van der Waals surface area contributed by atoms with Crippen LogP contribution in [0.15, 0.2) is 54.6 Å². The van der Waals surface area contributed by atoms with Gasteiger partial charge in [-0.2, -0.15) is 0 Å². The van der Waals surface area contributed by atoms with Crippen molar-refractivity contribution < 1.29 is 5.11 Å². The molecule has 0 heterocycles. The number of rotatable bonds is 2. The highest BCUT2D eigenvalue weighted by molar-refractivity contribution is 6.09. The van der Waals surface area contributed by atoms with Crippen LogP contribution in [0.3, 0.4) is 0 Å². The van der Waals surface area contributed by atoms with E-state index < -0.39 is 0 Å². The third-order valence-electron chi connectivity index (χ3n) is 3.61. The van der Waals surface area contributed by atoms with Crippen LogP contribution in [0, 0.1) is 0 Å². The zero-order valence-electron chi connectivity index (χ0n) is 10.4. The molecule has 0 fully saturated rings. The predicted molar refractivity (Wildman–Crippen MR) is 77.0 cm³/mol. The first-order chi connectivity index (χ1) is 8.81. The Kier molecular flexibility index (Phi) is 2.77. The molecule has 0 bridgehead atoms. The van der Waals surface area contributed by atoms with Crippen molar-refractivity contribution in [1.82, 2.24) is 0 Å². The lowest BCUT2D eigenvalue weighted by atomic mass is 9.92. The van der Waals surface area contributed by atoms with Gasteiger partial charge in [-0.3, -0.25) is 0 Å². The maximum absolute atomic E-state index is 9.42. The molecule has 0 saturated heterocycles. The predicted octanol–water partition coefficient (Wildman–Crippen LogP) is 4.09. The molecule has 0 aromatic heterocycles. The fraction of sp³-hybridized carbons (Fsp3) is 0.176. The fourth-order valence-electron chi connectivity index (χ4n) is 2.60. The zero-order valence-corrected chi connectivity index (χ0v) is 10.4. The molecule has 1 unspecified atom stereocenters. The van der Waals surface area contributed by atoms with E-state index in [2.05, 4.69) is 61.5 Å². The molecule has 3 aromatic rings. The third kappa shape index (κ3) is 1.68. The van der Waals surface area contributed by atoms with Crippen LogP contribution in [0.1, 0.15) is 18.4 Å². The maximum atomic E-state index is 9.42.